The predicted molar refractivity (Wildman–Crippen MR) is 62.8 cm³/mol. The summed E-state index contributed by atoms with van der Waals surface area (Å²) in [5.74, 6) is 0. The molecule has 0 bridgehead atoms. The molecular weight excluding hydrogens is 202 g/mol. The lowest BCUT2D eigenvalue weighted by Gasteiger charge is -2.20. The van der Waals surface area contributed by atoms with Gasteiger partial charge in [-0.05, 0) is 11.8 Å². The zero-order valence-corrected chi connectivity index (χ0v) is 9.29. The van der Waals surface area contributed by atoms with Crippen molar-refractivity contribution in [3.63, 3.8) is 0 Å². The van der Waals surface area contributed by atoms with Crippen LogP contribution in [0.25, 0.3) is 0 Å². The molecule has 0 aliphatic rings. The summed E-state index contributed by atoms with van der Waals surface area (Å²) in [5.41, 5.74) is 0. The zero-order chi connectivity index (χ0) is 10.3. The molecular formula is C9H13NOS2. The van der Waals surface area contributed by atoms with Gasteiger partial charge in [0.15, 0.2) is 5.12 Å². The molecule has 0 aliphatic carbocycles. The molecule has 0 aliphatic heterocycles. The van der Waals surface area contributed by atoms with Gasteiger partial charge in [-0.1, -0.05) is 24.4 Å². The van der Waals surface area contributed by atoms with Crippen molar-refractivity contribution < 1.29 is 4.79 Å². The van der Waals surface area contributed by atoms with Crippen LogP contribution in [0.3, 0.4) is 0 Å². The van der Waals surface area contributed by atoms with Crippen LogP contribution in [-0.4, -0.2) is 27.4 Å². The number of nitrogens with zero attached hydrogens (tertiary/aromatic N) is 1. The molecule has 0 amide bonds. The summed E-state index contributed by atoms with van der Waals surface area (Å²) in [6.45, 7) is 10.0. The van der Waals surface area contributed by atoms with Crippen molar-refractivity contribution in [3.8, 4) is 0 Å². The maximum absolute atomic E-state index is 10.8. The maximum Gasteiger partial charge on any atom is 0.192 e. The molecule has 0 N–H and O–H groups in total. The minimum absolute atomic E-state index is 0.00289. The lowest BCUT2D eigenvalue weighted by atomic mass is 10.5. The number of thioether (sulfide) groups is 1. The van der Waals surface area contributed by atoms with E-state index in [1.54, 1.807) is 12.2 Å². The van der Waals surface area contributed by atoms with E-state index in [0.29, 0.717) is 17.4 Å². The first-order valence-corrected chi connectivity index (χ1v) is 5.03. The second-order valence-corrected chi connectivity index (χ2v) is 4.15. The Labute approximate surface area is 88.7 Å². The van der Waals surface area contributed by atoms with Crippen LogP contribution in [0.1, 0.15) is 6.92 Å². The van der Waals surface area contributed by atoms with Crippen molar-refractivity contribution in [2.24, 2.45) is 0 Å². The van der Waals surface area contributed by atoms with E-state index in [9.17, 15) is 4.79 Å². The van der Waals surface area contributed by atoms with Crippen molar-refractivity contribution in [1.82, 2.24) is 4.90 Å². The molecule has 13 heavy (non-hydrogen) atoms. The van der Waals surface area contributed by atoms with E-state index < -0.39 is 0 Å². The fraction of sp³-hybridized carbons (Fsp3) is 0.333. The maximum atomic E-state index is 10.8. The van der Waals surface area contributed by atoms with E-state index in [1.165, 1.54) is 6.92 Å². The highest BCUT2D eigenvalue weighted by Crippen LogP contribution is 2.10. The van der Waals surface area contributed by atoms with Gasteiger partial charge in [0.05, 0.1) is 0 Å². The molecule has 2 nitrogen and oxygen atoms in total. The topological polar surface area (TPSA) is 20.3 Å². The average molecular weight is 215 g/mol. The quantitative estimate of drug-likeness (QED) is 0.529. The van der Waals surface area contributed by atoms with E-state index in [0.717, 1.165) is 11.8 Å². The largest absolute Gasteiger partial charge is 0.350 e. The van der Waals surface area contributed by atoms with E-state index in [4.69, 9.17) is 12.2 Å². The molecule has 0 atom stereocenters. The van der Waals surface area contributed by atoms with Gasteiger partial charge in [-0.3, -0.25) is 4.79 Å². The molecule has 0 aromatic heterocycles. The molecule has 72 valence electrons. The molecule has 4 heteroatoms. The Bertz CT molecular complexity index is 216. The van der Waals surface area contributed by atoms with Gasteiger partial charge in [-0.25, -0.2) is 0 Å². The molecule has 0 aromatic carbocycles. The third-order valence-electron chi connectivity index (χ3n) is 1.19. The van der Waals surface area contributed by atoms with Crippen LogP contribution in [0.4, 0.5) is 0 Å². The fourth-order valence-electron chi connectivity index (χ4n) is 0.723. The molecule has 0 heterocycles. The molecule has 0 spiro atoms. The van der Waals surface area contributed by atoms with Gasteiger partial charge in [0, 0.05) is 20.0 Å². The highest BCUT2D eigenvalue weighted by molar-refractivity contribution is 8.32. The van der Waals surface area contributed by atoms with E-state index in [2.05, 4.69) is 13.2 Å². The minimum atomic E-state index is 0.00289. The number of hydrogen-bond acceptors (Lipinski definition) is 3. The monoisotopic (exact) mass is 215 g/mol. The van der Waals surface area contributed by atoms with E-state index in [-0.39, 0.29) is 5.12 Å². The Kier molecular flexibility index (Phi) is 6.54. The van der Waals surface area contributed by atoms with Crippen LogP contribution in [0.2, 0.25) is 0 Å². The van der Waals surface area contributed by atoms with Crippen LogP contribution >= 0.6 is 24.0 Å². The van der Waals surface area contributed by atoms with Gasteiger partial charge in [-0.15, -0.1) is 13.2 Å². The summed E-state index contributed by atoms with van der Waals surface area (Å²) in [4.78, 5) is 12.6. The lowest BCUT2D eigenvalue weighted by Crippen LogP contribution is -2.28. The average Bonchev–Trinajstić information content (AvgIpc) is 2.02. The highest BCUT2D eigenvalue weighted by Gasteiger charge is 2.08. The normalized spacial score (nSPS) is 9.00. The van der Waals surface area contributed by atoms with Crippen LogP contribution in [0.5, 0.6) is 0 Å². The van der Waals surface area contributed by atoms with Crippen LogP contribution in [0, 0.1) is 0 Å². The van der Waals surface area contributed by atoms with Gasteiger partial charge in [-0.2, -0.15) is 0 Å². The fourth-order valence-corrected chi connectivity index (χ4v) is 1.75. The summed E-state index contributed by atoms with van der Waals surface area (Å²) in [6.07, 6.45) is 3.49. The molecule has 0 unspecified atom stereocenters. The molecule has 0 radical (unpaired) electrons. The number of carbonyl (C=O) groups excluding carboxylic acids is 1. The Morgan fingerprint density at radius 1 is 1.46 bits per heavy atom. The van der Waals surface area contributed by atoms with Crippen molar-refractivity contribution in [2.75, 3.05) is 13.1 Å². The van der Waals surface area contributed by atoms with Crippen LogP contribution < -0.4 is 0 Å². The molecule has 0 saturated carbocycles. The van der Waals surface area contributed by atoms with Gasteiger partial charge < -0.3 is 4.90 Å². The van der Waals surface area contributed by atoms with Gasteiger partial charge in [0.2, 0.25) is 0 Å². The first-order chi connectivity index (χ1) is 6.11. The van der Waals surface area contributed by atoms with Crippen molar-refractivity contribution in [1.29, 1.82) is 0 Å². The lowest BCUT2D eigenvalue weighted by molar-refractivity contribution is -0.109. The summed E-state index contributed by atoms with van der Waals surface area (Å²) < 4.78 is 0.576. The molecule has 0 saturated heterocycles. The summed E-state index contributed by atoms with van der Waals surface area (Å²) in [5, 5.41) is 0.00289. The molecule has 0 rings (SSSR count). The first-order valence-electron chi connectivity index (χ1n) is 3.81. The minimum Gasteiger partial charge on any atom is -0.350 e. The van der Waals surface area contributed by atoms with Gasteiger partial charge in [0.25, 0.3) is 0 Å². The Balaban J connectivity index is 4.17. The number of hydrogen-bond donors (Lipinski definition) is 0. The second-order valence-electron chi connectivity index (χ2n) is 2.34. The summed E-state index contributed by atoms with van der Waals surface area (Å²) in [7, 11) is 0. The molecule has 0 fully saturated rings. The Morgan fingerprint density at radius 3 is 2.23 bits per heavy atom. The zero-order valence-electron chi connectivity index (χ0n) is 7.66. The summed E-state index contributed by atoms with van der Waals surface area (Å²) in [6, 6.07) is 0. The SMILES string of the molecule is C=CCN(CC=C)C(=S)SC(C)=O. The Hall–Kier alpha value is -0.610. The number of thiocarbonyl (C=S) groups is 1. The van der Waals surface area contributed by atoms with E-state index >= 15 is 0 Å². The van der Waals surface area contributed by atoms with Gasteiger partial charge >= 0.3 is 0 Å². The Morgan fingerprint density at radius 2 is 1.92 bits per heavy atom. The number of rotatable bonds is 4. The first kappa shape index (κ1) is 12.4. The highest BCUT2D eigenvalue weighted by atomic mass is 32.2. The van der Waals surface area contributed by atoms with Crippen LogP contribution in [-0.2, 0) is 4.79 Å². The second kappa shape index (κ2) is 6.86. The van der Waals surface area contributed by atoms with Crippen LogP contribution in [0.15, 0.2) is 25.3 Å². The van der Waals surface area contributed by atoms with Crippen molar-refractivity contribution >= 4 is 33.4 Å². The summed E-state index contributed by atoms with van der Waals surface area (Å²) >= 11 is 6.12. The third-order valence-corrected chi connectivity index (χ3v) is 2.42. The third kappa shape index (κ3) is 5.60. The van der Waals surface area contributed by atoms with E-state index in [1.807, 2.05) is 4.90 Å². The van der Waals surface area contributed by atoms with Crippen molar-refractivity contribution in [3.05, 3.63) is 25.3 Å². The number of carbonyl (C=O) groups is 1. The molecule has 0 aromatic rings. The smallest absolute Gasteiger partial charge is 0.192 e. The standard InChI is InChI=1S/C9H13NOS2/c1-4-6-10(7-5-2)9(12)13-8(3)11/h4-5H,1-2,6-7H2,3H3. The predicted octanol–water partition coefficient (Wildman–Crippen LogP) is 2.23. The van der Waals surface area contributed by atoms with Crippen molar-refractivity contribution in [2.45, 2.75) is 6.92 Å². The van der Waals surface area contributed by atoms with Gasteiger partial charge in [0.1, 0.15) is 4.32 Å².